The van der Waals surface area contributed by atoms with Crippen LogP contribution in [0.5, 0.6) is 0 Å². The van der Waals surface area contributed by atoms with E-state index in [-0.39, 0.29) is 13.1 Å². The highest BCUT2D eigenvalue weighted by molar-refractivity contribution is 5.94. The fraction of sp³-hybridized carbons (Fsp3) is 0.278. The number of amides is 1. The monoisotopic (exact) mass is 352 g/mol. The molecular weight excluding hydrogens is 336 g/mol. The van der Waals surface area contributed by atoms with Crippen molar-refractivity contribution < 1.29 is 22.4 Å². The molecule has 0 saturated carbocycles. The smallest absolute Gasteiger partial charge is 0.257 e. The molecule has 1 fully saturated rings. The molecule has 25 heavy (non-hydrogen) atoms. The van der Waals surface area contributed by atoms with Crippen LogP contribution >= 0.6 is 0 Å². The van der Waals surface area contributed by atoms with Gasteiger partial charge < -0.3 is 4.90 Å². The average Bonchev–Trinajstić information content (AvgIpc) is 2.60. The lowest BCUT2D eigenvalue weighted by Crippen LogP contribution is -2.49. The van der Waals surface area contributed by atoms with E-state index in [1.54, 1.807) is 25.2 Å². The average molecular weight is 352 g/mol. The molecule has 0 radical (unpaired) electrons. The highest BCUT2D eigenvalue weighted by Crippen LogP contribution is 2.27. The summed E-state index contributed by atoms with van der Waals surface area (Å²) in [6.07, 6.45) is 0. The molecule has 1 aliphatic rings. The maximum atomic E-state index is 14.1. The molecule has 2 aromatic carbocycles. The number of halogens is 4. The van der Waals surface area contributed by atoms with Gasteiger partial charge in [0.2, 0.25) is 0 Å². The molecule has 3 nitrogen and oxygen atoms in total. The topological polar surface area (TPSA) is 23.6 Å². The van der Waals surface area contributed by atoms with E-state index in [4.69, 9.17) is 0 Å². The predicted molar refractivity (Wildman–Crippen MR) is 84.0 cm³/mol. The Hall–Kier alpha value is -2.41. The van der Waals surface area contributed by atoms with Gasteiger partial charge in [0, 0.05) is 25.2 Å². The van der Waals surface area contributed by atoms with Gasteiger partial charge in [-0.3, -0.25) is 9.69 Å². The lowest BCUT2D eigenvalue weighted by molar-refractivity contribution is 0.0535. The molecule has 1 amide bonds. The van der Waals surface area contributed by atoms with Crippen molar-refractivity contribution in [3.63, 3.8) is 0 Å². The fourth-order valence-electron chi connectivity index (χ4n) is 3.00. The van der Waals surface area contributed by atoms with Gasteiger partial charge in [0.15, 0.2) is 17.5 Å². The van der Waals surface area contributed by atoms with Gasteiger partial charge in [-0.15, -0.1) is 0 Å². The highest BCUT2D eigenvalue weighted by atomic mass is 19.2. The van der Waals surface area contributed by atoms with Crippen LogP contribution in [-0.2, 0) is 0 Å². The lowest BCUT2D eigenvalue weighted by Gasteiger charge is -2.39. The minimum atomic E-state index is -1.68. The van der Waals surface area contributed by atoms with Crippen LogP contribution in [0.2, 0.25) is 0 Å². The number of rotatable bonds is 2. The zero-order chi connectivity index (χ0) is 18.1. The van der Waals surface area contributed by atoms with Crippen LogP contribution in [0, 0.1) is 23.3 Å². The molecular formula is C18H16F4N2O. The van der Waals surface area contributed by atoms with Gasteiger partial charge in [-0.05, 0) is 25.2 Å². The molecule has 1 saturated heterocycles. The van der Waals surface area contributed by atoms with Gasteiger partial charge in [0.1, 0.15) is 5.82 Å². The van der Waals surface area contributed by atoms with Crippen LogP contribution in [0.1, 0.15) is 22.0 Å². The Labute approximate surface area is 142 Å². The van der Waals surface area contributed by atoms with Crippen molar-refractivity contribution >= 4 is 5.91 Å². The van der Waals surface area contributed by atoms with E-state index < -0.39 is 40.8 Å². The van der Waals surface area contributed by atoms with Crippen molar-refractivity contribution in [3.05, 3.63) is 70.8 Å². The lowest BCUT2D eigenvalue weighted by atomic mass is 10.0. The van der Waals surface area contributed by atoms with Crippen molar-refractivity contribution in [2.45, 2.75) is 6.04 Å². The van der Waals surface area contributed by atoms with E-state index in [1.165, 1.54) is 11.0 Å². The summed E-state index contributed by atoms with van der Waals surface area (Å²) < 4.78 is 54.4. The van der Waals surface area contributed by atoms with E-state index in [9.17, 15) is 22.4 Å². The molecule has 1 atom stereocenters. The fourth-order valence-corrected chi connectivity index (χ4v) is 3.00. The summed E-state index contributed by atoms with van der Waals surface area (Å²) in [5.74, 6) is -5.67. The third kappa shape index (κ3) is 3.24. The molecule has 1 heterocycles. The standard InChI is InChI=1S/C18H16F4N2O/c1-23-8-9-24(10-15(23)11-4-2-3-5-13(11)19)18(25)12-6-7-14(20)17(22)16(12)21/h2-7,15H,8-10H2,1H3. The van der Waals surface area contributed by atoms with Crippen molar-refractivity contribution in [3.8, 4) is 0 Å². The SMILES string of the molecule is CN1CCN(C(=O)c2ccc(F)c(F)c2F)CC1c1ccccc1F. The number of carbonyl (C=O) groups excluding carboxylic acids is 1. The Morgan fingerprint density at radius 1 is 0.960 bits per heavy atom. The Morgan fingerprint density at radius 3 is 2.40 bits per heavy atom. The van der Waals surface area contributed by atoms with Crippen LogP contribution in [-0.4, -0.2) is 42.4 Å². The first-order valence-corrected chi connectivity index (χ1v) is 7.77. The maximum Gasteiger partial charge on any atom is 0.257 e. The molecule has 132 valence electrons. The van der Waals surface area contributed by atoms with Crippen LogP contribution in [0.25, 0.3) is 0 Å². The number of hydrogen-bond acceptors (Lipinski definition) is 2. The Morgan fingerprint density at radius 2 is 1.68 bits per heavy atom. The maximum absolute atomic E-state index is 14.1. The number of benzene rings is 2. The number of carbonyl (C=O) groups is 1. The molecule has 1 aliphatic heterocycles. The van der Waals surface area contributed by atoms with Crippen molar-refractivity contribution in [2.24, 2.45) is 0 Å². The van der Waals surface area contributed by atoms with Gasteiger partial charge in [-0.1, -0.05) is 18.2 Å². The molecule has 7 heteroatoms. The summed E-state index contributed by atoms with van der Waals surface area (Å²) in [6, 6.07) is 7.46. The van der Waals surface area contributed by atoms with Gasteiger partial charge >= 0.3 is 0 Å². The normalized spacial score (nSPS) is 18.4. The second-order valence-corrected chi connectivity index (χ2v) is 5.99. The number of nitrogens with zero attached hydrogens (tertiary/aromatic N) is 2. The van der Waals surface area contributed by atoms with Crippen LogP contribution in [0.4, 0.5) is 17.6 Å². The minimum Gasteiger partial charge on any atom is -0.335 e. The third-order valence-electron chi connectivity index (χ3n) is 4.47. The van der Waals surface area contributed by atoms with E-state index >= 15 is 0 Å². The first kappa shape index (κ1) is 17.4. The first-order valence-electron chi connectivity index (χ1n) is 7.77. The predicted octanol–water partition coefficient (Wildman–Crippen LogP) is 3.37. The first-order chi connectivity index (χ1) is 11.9. The molecule has 2 aromatic rings. The van der Waals surface area contributed by atoms with Crippen molar-refractivity contribution in [1.29, 1.82) is 0 Å². The Balaban J connectivity index is 1.88. The van der Waals surface area contributed by atoms with E-state index in [0.29, 0.717) is 12.1 Å². The number of piperazine rings is 1. The van der Waals surface area contributed by atoms with Crippen LogP contribution in [0.3, 0.4) is 0 Å². The largest absolute Gasteiger partial charge is 0.335 e. The van der Waals surface area contributed by atoms with Gasteiger partial charge in [0.25, 0.3) is 5.91 Å². The highest BCUT2D eigenvalue weighted by Gasteiger charge is 2.32. The van der Waals surface area contributed by atoms with Gasteiger partial charge in [-0.25, -0.2) is 17.6 Å². The van der Waals surface area contributed by atoms with Crippen LogP contribution < -0.4 is 0 Å². The van der Waals surface area contributed by atoms with E-state index in [1.807, 2.05) is 4.90 Å². The Kier molecular flexibility index (Phi) is 4.76. The summed E-state index contributed by atoms with van der Waals surface area (Å²) in [7, 11) is 1.80. The molecule has 0 N–H and O–H groups in total. The second kappa shape index (κ2) is 6.84. The number of hydrogen-bond donors (Lipinski definition) is 0. The zero-order valence-electron chi connectivity index (χ0n) is 13.5. The third-order valence-corrected chi connectivity index (χ3v) is 4.47. The van der Waals surface area contributed by atoms with Crippen molar-refractivity contribution in [1.82, 2.24) is 9.80 Å². The van der Waals surface area contributed by atoms with Crippen molar-refractivity contribution in [2.75, 3.05) is 26.7 Å². The summed E-state index contributed by atoms with van der Waals surface area (Å²) in [6.45, 7) is 0.837. The second-order valence-electron chi connectivity index (χ2n) is 5.99. The minimum absolute atomic E-state index is 0.120. The molecule has 0 aliphatic carbocycles. The summed E-state index contributed by atoms with van der Waals surface area (Å²) in [5.41, 5.74) is -0.107. The molecule has 3 rings (SSSR count). The van der Waals surface area contributed by atoms with Gasteiger partial charge in [0.05, 0.1) is 11.6 Å². The summed E-state index contributed by atoms with van der Waals surface area (Å²) in [4.78, 5) is 15.8. The van der Waals surface area contributed by atoms with Gasteiger partial charge in [-0.2, -0.15) is 0 Å². The summed E-state index contributed by atoms with van der Waals surface area (Å²) >= 11 is 0. The molecule has 0 spiro atoms. The van der Waals surface area contributed by atoms with E-state index in [0.717, 1.165) is 12.1 Å². The quantitative estimate of drug-likeness (QED) is 0.611. The molecule has 1 unspecified atom stereocenters. The number of likely N-dealkylation sites (N-methyl/N-ethyl adjacent to an activating group) is 1. The van der Waals surface area contributed by atoms with Crippen LogP contribution in [0.15, 0.2) is 36.4 Å². The Bertz CT molecular complexity index is 812. The zero-order valence-corrected chi connectivity index (χ0v) is 13.5. The summed E-state index contributed by atoms with van der Waals surface area (Å²) in [5, 5.41) is 0. The molecule has 0 bridgehead atoms. The van der Waals surface area contributed by atoms with E-state index in [2.05, 4.69) is 0 Å². The molecule has 0 aromatic heterocycles.